The van der Waals surface area contributed by atoms with Crippen LogP contribution in [0.5, 0.6) is 0 Å². The molecule has 0 heterocycles. The molecule has 0 saturated heterocycles. The van der Waals surface area contributed by atoms with Gasteiger partial charge in [-0.05, 0) is 0 Å². The lowest BCUT2D eigenvalue weighted by Crippen LogP contribution is -2.16. The van der Waals surface area contributed by atoms with Crippen LogP contribution in [0, 0.1) is 0 Å². The first kappa shape index (κ1) is 13.6. The van der Waals surface area contributed by atoms with Gasteiger partial charge in [0.15, 0.2) is 12.4 Å². The highest BCUT2D eigenvalue weighted by Crippen LogP contribution is 2.04. The van der Waals surface area contributed by atoms with E-state index in [1.54, 1.807) is 30.3 Å². The lowest BCUT2D eigenvalue weighted by atomic mass is 10.1. The van der Waals surface area contributed by atoms with Crippen molar-refractivity contribution in [2.24, 2.45) is 0 Å². The van der Waals surface area contributed by atoms with Crippen molar-refractivity contribution in [2.45, 2.75) is 6.42 Å². The summed E-state index contributed by atoms with van der Waals surface area (Å²) in [6.45, 7) is 2.85. The average Bonchev–Trinajstić information content (AvgIpc) is 2.35. The third-order valence-corrected chi connectivity index (χ3v) is 2.08. The normalized spacial score (nSPS) is 9.56. The molecule has 18 heavy (non-hydrogen) atoms. The molecular formula is C13H12O5. The van der Waals surface area contributed by atoms with E-state index in [-0.39, 0.29) is 11.4 Å². The van der Waals surface area contributed by atoms with Gasteiger partial charge in [0.05, 0.1) is 6.42 Å². The van der Waals surface area contributed by atoms with Crippen LogP contribution in [-0.2, 0) is 14.3 Å². The number of ketones is 1. The summed E-state index contributed by atoms with van der Waals surface area (Å²) in [5, 5.41) is 8.45. The largest absolute Gasteiger partial charge is 0.481 e. The van der Waals surface area contributed by atoms with Crippen molar-refractivity contribution in [1.82, 2.24) is 0 Å². The minimum absolute atomic E-state index is 0.191. The second-order valence-electron chi connectivity index (χ2n) is 3.54. The molecule has 0 bridgehead atoms. The van der Waals surface area contributed by atoms with Gasteiger partial charge in [0.2, 0.25) is 0 Å². The molecule has 0 aliphatic heterocycles. The highest BCUT2D eigenvalue weighted by atomic mass is 16.5. The molecular weight excluding hydrogens is 236 g/mol. The fraction of sp³-hybridized carbons (Fsp3) is 0.154. The van der Waals surface area contributed by atoms with Gasteiger partial charge < -0.3 is 9.84 Å². The molecule has 1 aromatic carbocycles. The predicted octanol–water partition coefficient (Wildman–Crippen LogP) is 1.44. The van der Waals surface area contributed by atoms with Crippen LogP contribution in [0.4, 0.5) is 0 Å². The molecule has 5 nitrogen and oxygen atoms in total. The number of esters is 1. The van der Waals surface area contributed by atoms with E-state index < -0.39 is 25.0 Å². The van der Waals surface area contributed by atoms with Gasteiger partial charge in [-0.15, -0.1) is 0 Å². The molecule has 0 spiro atoms. The highest BCUT2D eigenvalue weighted by molar-refractivity contribution is 5.99. The predicted molar refractivity (Wildman–Crippen MR) is 63.1 cm³/mol. The van der Waals surface area contributed by atoms with E-state index in [0.717, 1.165) is 0 Å². The number of carbonyl (C=O) groups excluding carboxylic acids is 2. The standard InChI is InChI=1S/C13H12O5/c1-9(7-12(15)16)13(17)18-8-11(14)10-5-3-2-4-6-10/h2-6H,1,7-8H2,(H,15,16). The number of carboxylic acid groups (broad SMARTS) is 1. The van der Waals surface area contributed by atoms with E-state index in [4.69, 9.17) is 5.11 Å². The molecule has 0 aromatic heterocycles. The van der Waals surface area contributed by atoms with Gasteiger partial charge in [-0.1, -0.05) is 36.9 Å². The van der Waals surface area contributed by atoms with E-state index >= 15 is 0 Å². The Morgan fingerprint density at radius 1 is 1.17 bits per heavy atom. The van der Waals surface area contributed by atoms with E-state index in [9.17, 15) is 14.4 Å². The third-order valence-electron chi connectivity index (χ3n) is 2.08. The number of carboxylic acids is 1. The fourth-order valence-electron chi connectivity index (χ4n) is 1.20. The van der Waals surface area contributed by atoms with E-state index in [2.05, 4.69) is 11.3 Å². The van der Waals surface area contributed by atoms with Crippen molar-refractivity contribution in [3.63, 3.8) is 0 Å². The van der Waals surface area contributed by atoms with Crippen LogP contribution < -0.4 is 0 Å². The van der Waals surface area contributed by atoms with Gasteiger partial charge in [-0.25, -0.2) is 4.79 Å². The van der Waals surface area contributed by atoms with Crippen LogP contribution in [0.3, 0.4) is 0 Å². The lowest BCUT2D eigenvalue weighted by Gasteiger charge is -2.04. The minimum atomic E-state index is -1.17. The van der Waals surface area contributed by atoms with Crippen molar-refractivity contribution >= 4 is 17.7 Å². The van der Waals surface area contributed by atoms with Crippen LogP contribution in [0.15, 0.2) is 42.5 Å². The van der Waals surface area contributed by atoms with Crippen molar-refractivity contribution in [1.29, 1.82) is 0 Å². The Morgan fingerprint density at radius 3 is 2.33 bits per heavy atom. The van der Waals surface area contributed by atoms with Crippen molar-refractivity contribution < 1.29 is 24.2 Å². The molecule has 1 N–H and O–H groups in total. The van der Waals surface area contributed by atoms with Crippen LogP contribution in [0.1, 0.15) is 16.8 Å². The molecule has 5 heteroatoms. The molecule has 0 fully saturated rings. The van der Waals surface area contributed by atoms with E-state index in [0.29, 0.717) is 5.56 Å². The summed E-state index contributed by atoms with van der Waals surface area (Å²) < 4.78 is 4.67. The van der Waals surface area contributed by atoms with Gasteiger partial charge in [-0.2, -0.15) is 0 Å². The van der Waals surface area contributed by atoms with Gasteiger partial charge in [0.25, 0.3) is 0 Å². The van der Waals surface area contributed by atoms with Gasteiger partial charge in [0, 0.05) is 11.1 Å². The number of ether oxygens (including phenoxy) is 1. The molecule has 0 aliphatic rings. The number of hydrogen-bond donors (Lipinski definition) is 1. The molecule has 0 atom stereocenters. The summed E-state index contributed by atoms with van der Waals surface area (Å²) in [6, 6.07) is 8.35. The fourth-order valence-corrected chi connectivity index (χ4v) is 1.20. The first-order valence-electron chi connectivity index (χ1n) is 5.15. The first-order valence-corrected chi connectivity index (χ1v) is 5.15. The Hall–Kier alpha value is -2.43. The molecule has 0 unspecified atom stereocenters. The minimum Gasteiger partial charge on any atom is -0.481 e. The van der Waals surface area contributed by atoms with E-state index in [1.807, 2.05) is 0 Å². The van der Waals surface area contributed by atoms with Crippen molar-refractivity contribution in [3.8, 4) is 0 Å². The molecule has 1 rings (SSSR count). The Bertz CT molecular complexity index is 475. The summed E-state index contributed by atoms with van der Waals surface area (Å²) in [5.74, 6) is -2.40. The van der Waals surface area contributed by atoms with E-state index in [1.165, 1.54) is 0 Å². The summed E-state index contributed by atoms with van der Waals surface area (Å²) in [7, 11) is 0. The quantitative estimate of drug-likeness (QED) is 0.468. The Kier molecular flexibility index (Phi) is 4.80. The second-order valence-corrected chi connectivity index (χ2v) is 3.54. The van der Waals surface area contributed by atoms with Crippen LogP contribution in [-0.4, -0.2) is 29.4 Å². The first-order chi connectivity index (χ1) is 8.50. The van der Waals surface area contributed by atoms with Crippen LogP contribution >= 0.6 is 0 Å². The monoisotopic (exact) mass is 248 g/mol. The zero-order valence-electron chi connectivity index (χ0n) is 9.59. The number of hydrogen-bond acceptors (Lipinski definition) is 4. The summed E-state index contributed by atoms with van der Waals surface area (Å²) in [4.78, 5) is 33.2. The van der Waals surface area contributed by atoms with Crippen LogP contribution in [0.25, 0.3) is 0 Å². The molecule has 94 valence electrons. The van der Waals surface area contributed by atoms with Crippen molar-refractivity contribution in [3.05, 3.63) is 48.0 Å². The number of carbonyl (C=O) groups is 3. The highest BCUT2D eigenvalue weighted by Gasteiger charge is 2.14. The maximum absolute atomic E-state index is 11.6. The summed E-state index contributed by atoms with van der Waals surface area (Å²) >= 11 is 0. The number of benzene rings is 1. The maximum Gasteiger partial charge on any atom is 0.334 e. The number of aliphatic carboxylic acids is 1. The third kappa shape index (κ3) is 4.21. The molecule has 0 amide bonds. The van der Waals surface area contributed by atoms with Gasteiger partial charge in [0.1, 0.15) is 0 Å². The molecule has 0 radical (unpaired) electrons. The maximum atomic E-state index is 11.6. The zero-order valence-corrected chi connectivity index (χ0v) is 9.59. The van der Waals surface area contributed by atoms with Gasteiger partial charge in [-0.3, -0.25) is 9.59 Å². The Balaban J connectivity index is 2.46. The zero-order chi connectivity index (χ0) is 13.5. The number of rotatable bonds is 6. The van der Waals surface area contributed by atoms with Crippen molar-refractivity contribution in [2.75, 3.05) is 6.61 Å². The molecule has 0 saturated carbocycles. The number of Topliss-reactive ketones (excluding diaryl/α,β-unsaturated/α-hetero) is 1. The lowest BCUT2D eigenvalue weighted by molar-refractivity contribution is -0.142. The Morgan fingerprint density at radius 2 is 1.78 bits per heavy atom. The summed E-state index contributed by atoms with van der Waals surface area (Å²) in [6.07, 6.45) is -0.502. The molecule has 1 aromatic rings. The SMILES string of the molecule is C=C(CC(=O)O)C(=O)OCC(=O)c1ccccc1. The topological polar surface area (TPSA) is 80.7 Å². The Labute approximate surface area is 104 Å². The average molecular weight is 248 g/mol. The smallest absolute Gasteiger partial charge is 0.334 e. The van der Waals surface area contributed by atoms with Gasteiger partial charge >= 0.3 is 11.9 Å². The molecule has 0 aliphatic carbocycles. The second kappa shape index (κ2) is 6.34. The summed E-state index contributed by atoms with van der Waals surface area (Å²) in [5.41, 5.74) is 0.234. The van der Waals surface area contributed by atoms with Crippen LogP contribution in [0.2, 0.25) is 0 Å².